The summed E-state index contributed by atoms with van der Waals surface area (Å²) in [6, 6.07) is 5.47. The number of nitrogens with two attached hydrogens (primary N) is 1. The van der Waals surface area contributed by atoms with Gasteiger partial charge >= 0.3 is 0 Å². The van der Waals surface area contributed by atoms with Crippen molar-refractivity contribution in [3.05, 3.63) is 40.9 Å². The molecule has 0 aliphatic heterocycles. The largest absolute Gasteiger partial charge is 0.497 e. The van der Waals surface area contributed by atoms with Gasteiger partial charge in [0.15, 0.2) is 0 Å². The Bertz CT molecular complexity index is 596. The smallest absolute Gasteiger partial charge is 0.147 e. The van der Waals surface area contributed by atoms with Crippen LogP contribution in [0.5, 0.6) is 11.5 Å². The summed E-state index contributed by atoms with van der Waals surface area (Å²) >= 11 is 5.95. The van der Waals surface area contributed by atoms with Gasteiger partial charge in [-0.2, -0.15) is 0 Å². The van der Waals surface area contributed by atoms with E-state index < -0.39 is 0 Å². The van der Waals surface area contributed by atoms with Gasteiger partial charge in [-0.25, -0.2) is 4.98 Å². The van der Waals surface area contributed by atoms with Crippen molar-refractivity contribution in [2.75, 3.05) is 7.11 Å². The monoisotopic (exact) mass is 295 g/mol. The average molecular weight is 296 g/mol. The van der Waals surface area contributed by atoms with Crippen LogP contribution in [0.15, 0.2) is 24.4 Å². The van der Waals surface area contributed by atoms with Crippen LogP contribution in [0.3, 0.4) is 0 Å². The molecule has 2 aromatic rings. The van der Waals surface area contributed by atoms with Crippen molar-refractivity contribution in [3.8, 4) is 11.5 Å². The fourth-order valence-electron chi connectivity index (χ4n) is 1.84. The molecule has 6 heteroatoms. The Balaban J connectivity index is 2.21. The molecule has 0 aliphatic rings. The Morgan fingerprint density at radius 2 is 2.20 bits per heavy atom. The Hall–Kier alpha value is -1.72. The number of benzene rings is 1. The van der Waals surface area contributed by atoms with Crippen molar-refractivity contribution in [2.45, 2.75) is 19.6 Å². The Morgan fingerprint density at radius 1 is 1.45 bits per heavy atom. The maximum Gasteiger partial charge on any atom is 0.147 e. The second-order valence-corrected chi connectivity index (χ2v) is 4.92. The molecule has 0 amide bonds. The summed E-state index contributed by atoms with van der Waals surface area (Å²) in [5, 5.41) is 0.571. The zero-order chi connectivity index (χ0) is 14.7. The zero-order valence-electron chi connectivity index (χ0n) is 11.8. The van der Waals surface area contributed by atoms with E-state index in [9.17, 15) is 0 Å². The van der Waals surface area contributed by atoms with Gasteiger partial charge in [0.2, 0.25) is 0 Å². The summed E-state index contributed by atoms with van der Waals surface area (Å²) in [6.07, 6.45) is 1.60. The third-order valence-electron chi connectivity index (χ3n) is 3.10. The highest BCUT2D eigenvalue weighted by Gasteiger charge is 2.12. The normalized spacial score (nSPS) is 12.2. The maximum atomic E-state index is 5.95. The number of ether oxygens (including phenoxy) is 2. The molecule has 0 unspecified atom stereocenters. The first-order chi connectivity index (χ1) is 9.52. The first kappa shape index (κ1) is 14.7. The minimum Gasteiger partial charge on any atom is -0.497 e. The van der Waals surface area contributed by atoms with Crippen LogP contribution >= 0.6 is 11.6 Å². The fourth-order valence-corrected chi connectivity index (χ4v) is 1.99. The third kappa shape index (κ3) is 3.05. The summed E-state index contributed by atoms with van der Waals surface area (Å²) in [4.78, 5) is 4.19. The van der Waals surface area contributed by atoms with E-state index in [1.165, 1.54) is 0 Å². The first-order valence-electron chi connectivity index (χ1n) is 6.25. The lowest BCUT2D eigenvalue weighted by atomic mass is 10.1. The fraction of sp³-hybridized carbons (Fsp3) is 0.357. The molecule has 1 atom stereocenters. The van der Waals surface area contributed by atoms with Gasteiger partial charge in [0.05, 0.1) is 13.3 Å². The molecule has 108 valence electrons. The third-order valence-corrected chi connectivity index (χ3v) is 3.45. The highest BCUT2D eigenvalue weighted by Crippen LogP contribution is 2.29. The van der Waals surface area contributed by atoms with E-state index in [0.29, 0.717) is 17.5 Å². The molecule has 1 aromatic heterocycles. The van der Waals surface area contributed by atoms with Crippen molar-refractivity contribution < 1.29 is 9.47 Å². The van der Waals surface area contributed by atoms with E-state index >= 15 is 0 Å². The number of hydrogen-bond donors (Lipinski definition) is 1. The predicted octanol–water partition coefficient (Wildman–Crippen LogP) is 2.68. The van der Waals surface area contributed by atoms with Crippen LogP contribution in [0.4, 0.5) is 0 Å². The van der Waals surface area contributed by atoms with Crippen LogP contribution in [-0.4, -0.2) is 16.7 Å². The number of imidazole rings is 1. The maximum absolute atomic E-state index is 5.95. The topological polar surface area (TPSA) is 62.3 Å². The summed E-state index contributed by atoms with van der Waals surface area (Å²) < 4.78 is 12.8. The molecule has 0 saturated heterocycles. The molecule has 1 heterocycles. The second-order valence-electron chi connectivity index (χ2n) is 4.54. The molecule has 0 spiro atoms. The Kier molecular flexibility index (Phi) is 4.52. The quantitative estimate of drug-likeness (QED) is 0.921. The Labute approximate surface area is 123 Å². The van der Waals surface area contributed by atoms with Gasteiger partial charge < -0.3 is 19.8 Å². The number of rotatable bonds is 5. The molecular formula is C14H18ClN3O2. The van der Waals surface area contributed by atoms with Gasteiger partial charge in [0.25, 0.3) is 0 Å². The molecule has 0 bridgehead atoms. The molecule has 2 N–H and O–H groups in total. The van der Waals surface area contributed by atoms with E-state index in [1.807, 2.05) is 32.2 Å². The SMILES string of the molecule is COc1ccc([C@@H](C)N)c(OCc2ncc(Cl)n2C)c1. The van der Waals surface area contributed by atoms with E-state index in [2.05, 4.69) is 4.98 Å². The van der Waals surface area contributed by atoms with Crippen molar-refractivity contribution in [1.29, 1.82) is 0 Å². The van der Waals surface area contributed by atoms with Crippen molar-refractivity contribution in [2.24, 2.45) is 12.8 Å². The lowest BCUT2D eigenvalue weighted by Gasteiger charge is -2.15. The van der Waals surface area contributed by atoms with Crippen molar-refractivity contribution in [3.63, 3.8) is 0 Å². The highest BCUT2D eigenvalue weighted by atomic mass is 35.5. The van der Waals surface area contributed by atoms with Crippen LogP contribution in [0.2, 0.25) is 5.15 Å². The lowest BCUT2D eigenvalue weighted by molar-refractivity contribution is 0.285. The number of halogens is 1. The standard InChI is InChI=1S/C14H18ClN3O2/c1-9(16)11-5-4-10(19-3)6-12(11)20-8-14-17-7-13(15)18(14)2/h4-7,9H,8,16H2,1-3H3/t9-/m1/s1. The molecule has 5 nitrogen and oxygen atoms in total. The molecule has 0 aliphatic carbocycles. The minimum absolute atomic E-state index is 0.124. The van der Waals surface area contributed by atoms with Gasteiger partial charge in [-0.15, -0.1) is 0 Å². The van der Waals surface area contributed by atoms with Gasteiger partial charge in [0.1, 0.15) is 29.1 Å². The summed E-state index contributed by atoms with van der Waals surface area (Å²) in [5.74, 6) is 2.16. The number of methoxy groups -OCH3 is 1. The molecule has 1 aromatic carbocycles. The summed E-state index contributed by atoms with van der Waals surface area (Å²) in [5.41, 5.74) is 6.87. The van der Waals surface area contributed by atoms with Gasteiger partial charge in [0, 0.05) is 24.7 Å². The van der Waals surface area contributed by atoms with E-state index in [0.717, 1.165) is 17.1 Å². The average Bonchev–Trinajstić information content (AvgIpc) is 2.76. The first-order valence-corrected chi connectivity index (χ1v) is 6.63. The summed E-state index contributed by atoms with van der Waals surface area (Å²) in [7, 11) is 3.45. The van der Waals surface area contributed by atoms with Crippen LogP contribution in [0, 0.1) is 0 Å². The molecular weight excluding hydrogens is 278 g/mol. The molecule has 0 radical (unpaired) electrons. The van der Waals surface area contributed by atoms with Crippen LogP contribution in [0.25, 0.3) is 0 Å². The van der Waals surface area contributed by atoms with E-state index in [4.69, 9.17) is 26.8 Å². The van der Waals surface area contributed by atoms with Crippen LogP contribution in [0.1, 0.15) is 24.4 Å². The Morgan fingerprint density at radius 3 is 2.75 bits per heavy atom. The van der Waals surface area contributed by atoms with E-state index in [-0.39, 0.29) is 6.04 Å². The molecule has 0 fully saturated rings. The van der Waals surface area contributed by atoms with Crippen LogP contribution in [-0.2, 0) is 13.7 Å². The molecule has 0 saturated carbocycles. The second kappa shape index (κ2) is 6.15. The number of nitrogens with zero attached hydrogens (tertiary/aromatic N) is 2. The van der Waals surface area contributed by atoms with Crippen molar-refractivity contribution in [1.82, 2.24) is 9.55 Å². The predicted molar refractivity (Wildman–Crippen MR) is 78.1 cm³/mol. The minimum atomic E-state index is -0.124. The number of aromatic nitrogens is 2. The summed E-state index contributed by atoms with van der Waals surface area (Å²) in [6.45, 7) is 2.22. The lowest BCUT2D eigenvalue weighted by Crippen LogP contribution is -2.10. The zero-order valence-corrected chi connectivity index (χ0v) is 12.5. The molecule has 2 rings (SSSR count). The van der Waals surface area contributed by atoms with Gasteiger partial charge in [-0.05, 0) is 13.0 Å². The van der Waals surface area contributed by atoms with Crippen molar-refractivity contribution >= 4 is 11.6 Å². The van der Waals surface area contributed by atoms with Gasteiger partial charge in [-0.3, -0.25) is 0 Å². The highest BCUT2D eigenvalue weighted by molar-refractivity contribution is 6.29. The van der Waals surface area contributed by atoms with E-state index in [1.54, 1.807) is 17.9 Å². The van der Waals surface area contributed by atoms with Gasteiger partial charge in [-0.1, -0.05) is 17.7 Å². The molecule has 20 heavy (non-hydrogen) atoms. The number of hydrogen-bond acceptors (Lipinski definition) is 4. The van der Waals surface area contributed by atoms with Crippen LogP contribution < -0.4 is 15.2 Å².